The number of aliphatic hydroxyl groups is 2. The zero-order valence-corrected chi connectivity index (χ0v) is 28.5. The molecular formula is C33H58N2O9. The number of fused-ring (bicyclic) bond motifs is 15. The number of likely N-dealkylation sites (N-methyl/N-ethyl adjacent to an activating group) is 1. The van der Waals surface area contributed by atoms with Gasteiger partial charge in [0, 0.05) is 24.4 Å². The Kier molecular flexibility index (Phi) is 12.6. The van der Waals surface area contributed by atoms with Gasteiger partial charge >= 0.3 is 5.97 Å². The Labute approximate surface area is 263 Å². The van der Waals surface area contributed by atoms with Crippen molar-refractivity contribution in [2.45, 2.75) is 141 Å². The van der Waals surface area contributed by atoms with E-state index in [4.69, 9.17) is 18.9 Å². The van der Waals surface area contributed by atoms with Crippen molar-refractivity contribution >= 4 is 17.5 Å². The topological polar surface area (TPSA) is 144 Å². The maximum Gasteiger partial charge on any atom is 0.316 e. The highest BCUT2D eigenvalue weighted by atomic mass is 16.7. The van der Waals surface area contributed by atoms with Crippen molar-refractivity contribution in [1.82, 2.24) is 10.2 Å². The summed E-state index contributed by atoms with van der Waals surface area (Å²) in [4.78, 5) is 42.8. The lowest BCUT2D eigenvalue weighted by atomic mass is 9.73. The van der Waals surface area contributed by atoms with Crippen LogP contribution in [0.3, 0.4) is 0 Å². The molecule has 0 radical (unpaired) electrons. The molecule has 4 rings (SSSR count). The standard InChI is InChI=1S/C33H58N2O9/c1-11-26-33(8,40)24-13-12-23(36)17-41-32(7,15-19(3)34-16-18(24)2)29(21(5)27(37)22(6)30(39)43-26)44-31-28(38)25(35(9)10)14-20(4)42-31/h18-22,24-26,28-29,31,34,38,40H,11-17H2,1-10H3/t18-,19+,20+,21-,22+,24+,25-,26+,28+,29+,31-,32+,33-/m0/s1. The van der Waals surface area contributed by atoms with Crippen molar-refractivity contribution in [3.8, 4) is 0 Å². The Morgan fingerprint density at radius 1 is 1.09 bits per heavy atom. The molecular weight excluding hydrogens is 568 g/mol. The molecule has 0 aromatic carbocycles. The van der Waals surface area contributed by atoms with Crippen molar-refractivity contribution in [3.05, 3.63) is 0 Å². The first-order chi connectivity index (χ1) is 20.4. The monoisotopic (exact) mass is 626 g/mol. The first-order valence-corrected chi connectivity index (χ1v) is 16.4. The maximum absolute atomic E-state index is 14.1. The number of carbonyl (C=O) groups excluding carboxylic acids is 3. The summed E-state index contributed by atoms with van der Waals surface area (Å²) in [7, 11) is 3.77. The van der Waals surface area contributed by atoms with Crippen molar-refractivity contribution in [2.24, 2.45) is 23.7 Å². The molecule has 0 aliphatic carbocycles. The predicted molar refractivity (Wildman–Crippen MR) is 165 cm³/mol. The van der Waals surface area contributed by atoms with Crippen LogP contribution in [0.4, 0.5) is 0 Å². The summed E-state index contributed by atoms with van der Waals surface area (Å²) in [5.74, 6) is -3.76. The van der Waals surface area contributed by atoms with E-state index in [1.807, 2.05) is 53.6 Å². The van der Waals surface area contributed by atoms with Crippen LogP contribution in [0.15, 0.2) is 0 Å². The zero-order valence-electron chi connectivity index (χ0n) is 28.5. The fourth-order valence-corrected chi connectivity index (χ4v) is 7.60. The van der Waals surface area contributed by atoms with Gasteiger partial charge in [-0.1, -0.05) is 20.8 Å². The van der Waals surface area contributed by atoms with Gasteiger partial charge in [-0.05, 0) is 92.8 Å². The molecule has 0 aromatic rings. The molecule has 44 heavy (non-hydrogen) atoms. The average Bonchev–Trinajstić information content (AvgIpc) is 2.95. The Hall–Kier alpha value is -1.47. The molecule has 4 aliphatic heterocycles. The van der Waals surface area contributed by atoms with Gasteiger partial charge in [-0.15, -0.1) is 0 Å². The first-order valence-electron chi connectivity index (χ1n) is 16.4. The van der Waals surface area contributed by atoms with E-state index in [0.29, 0.717) is 32.2 Å². The van der Waals surface area contributed by atoms with Crippen molar-refractivity contribution in [2.75, 3.05) is 27.2 Å². The van der Waals surface area contributed by atoms with Crippen LogP contribution >= 0.6 is 0 Å². The fraction of sp³-hybridized carbons (Fsp3) is 0.909. The molecule has 0 amide bonds. The van der Waals surface area contributed by atoms with Crippen LogP contribution in [0, 0.1) is 23.7 Å². The molecule has 2 bridgehead atoms. The van der Waals surface area contributed by atoms with Gasteiger partial charge in [0.05, 0.1) is 17.8 Å². The number of hydrogen-bond donors (Lipinski definition) is 3. The van der Waals surface area contributed by atoms with E-state index >= 15 is 0 Å². The molecule has 11 heteroatoms. The number of ketones is 2. The summed E-state index contributed by atoms with van der Waals surface area (Å²) in [6.07, 6.45) is -2.32. The summed E-state index contributed by atoms with van der Waals surface area (Å²) in [6, 6.07) is -0.379. The largest absolute Gasteiger partial charge is 0.459 e. The molecule has 4 heterocycles. The van der Waals surface area contributed by atoms with Crippen LogP contribution < -0.4 is 5.32 Å². The lowest BCUT2D eigenvalue weighted by Crippen LogP contribution is -2.60. The van der Waals surface area contributed by atoms with Crippen LogP contribution in [0.5, 0.6) is 0 Å². The highest BCUT2D eigenvalue weighted by Gasteiger charge is 2.51. The van der Waals surface area contributed by atoms with Gasteiger partial charge in [-0.2, -0.15) is 0 Å². The molecule has 3 N–H and O–H groups in total. The van der Waals surface area contributed by atoms with Gasteiger partial charge in [0.1, 0.15) is 30.3 Å². The van der Waals surface area contributed by atoms with E-state index in [1.54, 1.807) is 13.8 Å². The highest BCUT2D eigenvalue weighted by molar-refractivity contribution is 6.00. The molecule has 0 aromatic heterocycles. The number of carbonyl (C=O) groups is 3. The fourth-order valence-electron chi connectivity index (χ4n) is 7.60. The van der Waals surface area contributed by atoms with Crippen molar-refractivity contribution < 1.29 is 43.5 Å². The number of hydrogen-bond acceptors (Lipinski definition) is 11. The molecule has 4 fully saturated rings. The third kappa shape index (κ3) is 8.27. The van der Waals surface area contributed by atoms with Crippen LogP contribution in [0.2, 0.25) is 0 Å². The second-order valence-electron chi connectivity index (χ2n) is 14.4. The van der Waals surface area contributed by atoms with E-state index in [-0.39, 0.29) is 48.8 Å². The number of ether oxygens (including phenoxy) is 4. The number of rotatable bonds is 4. The lowest BCUT2D eigenvalue weighted by Gasteiger charge is -2.47. The lowest BCUT2D eigenvalue weighted by molar-refractivity contribution is -0.296. The summed E-state index contributed by atoms with van der Waals surface area (Å²) < 4.78 is 25.1. The minimum absolute atomic E-state index is 0.0648. The second kappa shape index (κ2) is 15.0. The zero-order chi connectivity index (χ0) is 33.1. The number of aliphatic hydroxyl groups excluding tert-OH is 1. The van der Waals surface area contributed by atoms with E-state index in [2.05, 4.69) is 5.32 Å². The van der Waals surface area contributed by atoms with E-state index in [0.717, 1.165) is 0 Å². The van der Waals surface area contributed by atoms with Crippen LogP contribution in [-0.4, -0.2) is 114 Å². The van der Waals surface area contributed by atoms with Gasteiger partial charge in [0.2, 0.25) is 0 Å². The van der Waals surface area contributed by atoms with Gasteiger partial charge in [0.25, 0.3) is 0 Å². The average molecular weight is 627 g/mol. The molecule has 254 valence electrons. The summed E-state index contributed by atoms with van der Waals surface area (Å²) >= 11 is 0. The van der Waals surface area contributed by atoms with Crippen LogP contribution in [0.25, 0.3) is 0 Å². The van der Waals surface area contributed by atoms with Crippen molar-refractivity contribution in [1.29, 1.82) is 0 Å². The minimum Gasteiger partial charge on any atom is -0.459 e. The first kappa shape index (κ1) is 37.0. The molecule has 4 saturated heterocycles. The molecule has 4 aliphatic rings. The highest BCUT2D eigenvalue weighted by Crippen LogP contribution is 2.39. The molecule has 0 unspecified atom stereocenters. The van der Waals surface area contributed by atoms with Crippen LogP contribution in [0.1, 0.15) is 87.5 Å². The maximum atomic E-state index is 14.1. The van der Waals surface area contributed by atoms with Gasteiger partial charge < -0.3 is 39.4 Å². The molecule has 0 spiro atoms. The Balaban J connectivity index is 2.15. The number of esters is 1. The normalized spacial score (nSPS) is 45.6. The minimum atomic E-state index is -1.44. The van der Waals surface area contributed by atoms with Crippen molar-refractivity contribution in [3.63, 3.8) is 0 Å². The van der Waals surface area contributed by atoms with Crippen LogP contribution in [-0.2, 0) is 33.3 Å². The summed E-state index contributed by atoms with van der Waals surface area (Å²) in [5.41, 5.74) is -2.62. The third-order valence-corrected chi connectivity index (χ3v) is 10.4. The number of nitrogens with zero attached hydrogens (tertiary/aromatic N) is 1. The second-order valence-corrected chi connectivity index (χ2v) is 14.4. The van der Waals surface area contributed by atoms with Gasteiger partial charge in [-0.25, -0.2) is 0 Å². The summed E-state index contributed by atoms with van der Waals surface area (Å²) in [6.45, 7) is 14.8. The number of nitrogens with one attached hydrogen (secondary N) is 1. The van der Waals surface area contributed by atoms with E-state index in [1.165, 1.54) is 6.92 Å². The van der Waals surface area contributed by atoms with E-state index in [9.17, 15) is 24.6 Å². The predicted octanol–water partition coefficient (Wildman–Crippen LogP) is 2.48. The Morgan fingerprint density at radius 3 is 2.36 bits per heavy atom. The Bertz CT molecular complexity index is 1010. The molecule has 13 atom stereocenters. The third-order valence-electron chi connectivity index (χ3n) is 10.4. The quantitative estimate of drug-likeness (QED) is 0.313. The van der Waals surface area contributed by atoms with Gasteiger partial charge in [0.15, 0.2) is 17.9 Å². The smallest absolute Gasteiger partial charge is 0.316 e. The summed E-state index contributed by atoms with van der Waals surface area (Å²) in [5, 5.41) is 26.8. The number of Topliss-reactive ketones (excluding diaryl/α,β-unsaturated/α-hetero) is 2. The van der Waals surface area contributed by atoms with E-state index < -0.39 is 59.4 Å². The molecule has 0 saturated carbocycles. The Morgan fingerprint density at radius 2 is 1.75 bits per heavy atom. The SMILES string of the molecule is CC[C@H]1OC(=O)[C@H](C)C(=O)[C@H](C)[C@@H](O[C@@H]2O[C@H](C)C[C@H](N(C)C)[C@H]2O)[C@@]2(C)C[C@@H](C)NC[C@H](C)[C@@H](CCC(=O)CO2)[C@]1(C)O. The van der Waals surface area contributed by atoms with Gasteiger partial charge in [-0.3, -0.25) is 14.4 Å². The molecule has 11 nitrogen and oxygen atoms in total.